The van der Waals surface area contributed by atoms with Gasteiger partial charge in [0.05, 0.1) is 29.2 Å². The Balaban J connectivity index is 0.000000751. The fourth-order valence-corrected chi connectivity index (χ4v) is 3.80. The lowest BCUT2D eigenvalue weighted by atomic mass is 10.1. The van der Waals surface area contributed by atoms with Crippen molar-refractivity contribution in [1.29, 1.82) is 5.26 Å². The van der Waals surface area contributed by atoms with Crippen LogP contribution < -0.4 is 14.9 Å². The van der Waals surface area contributed by atoms with E-state index < -0.39 is 0 Å². The van der Waals surface area contributed by atoms with E-state index in [0.717, 1.165) is 39.5 Å². The number of aromatic amines is 1. The molecule has 1 aromatic heterocycles. The van der Waals surface area contributed by atoms with Crippen molar-refractivity contribution in [2.24, 2.45) is 0 Å². The normalized spacial score (nSPS) is 9.91. The molecule has 0 atom stereocenters. The zero-order chi connectivity index (χ0) is 24.3. The Labute approximate surface area is 203 Å². The van der Waals surface area contributed by atoms with Crippen LogP contribution in [0.3, 0.4) is 0 Å². The van der Waals surface area contributed by atoms with Gasteiger partial charge in [0.2, 0.25) is 6.41 Å². The van der Waals surface area contributed by atoms with E-state index in [2.05, 4.69) is 56.8 Å². The number of nitrogens with zero attached hydrogens (tertiary/aromatic N) is 3. The van der Waals surface area contributed by atoms with Crippen LogP contribution in [0.2, 0.25) is 0 Å². The van der Waals surface area contributed by atoms with Crippen molar-refractivity contribution in [2.75, 3.05) is 22.9 Å². The minimum atomic E-state index is 0.546. The van der Waals surface area contributed by atoms with E-state index in [9.17, 15) is 0 Å². The summed E-state index contributed by atoms with van der Waals surface area (Å²) in [7, 11) is 1.56. The number of H-pyrrole nitrogens is 1. The van der Waals surface area contributed by atoms with E-state index in [-0.39, 0.29) is 0 Å². The van der Waals surface area contributed by atoms with Gasteiger partial charge in [-0.05, 0) is 48.0 Å². The van der Waals surface area contributed by atoms with E-state index in [4.69, 9.17) is 15.0 Å². The SMILES string of the molecule is C=Cc1ccccc1N(Cc1nc2ccc(C#N)cc2[nH]1)c1cccc(NSC)c1.CNC=O. The van der Waals surface area contributed by atoms with Crippen LogP contribution in [0.5, 0.6) is 0 Å². The number of aromatic nitrogens is 2. The van der Waals surface area contributed by atoms with E-state index in [1.54, 1.807) is 25.1 Å². The van der Waals surface area contributed by atoms with Crippen molar-refractivity contribution >= 4 is 52.5 Å². The molecule has 1 heterocycles. The van der Waals surface area contributed by atoms with Gasteiger partial charge >= 0.3 is 0 Å². The molecule has 8 heteroatoms. The summed E-state index contributed by atoms with van der Waals surface area (Å²) < 4.78 is 3.30. The number of fused-ring (bicyclic) bond motifs is 1. The number of nitriles is 1. The summed E-state index contributed by atoms with van der Waals surface area (Å²) in [5.41, 5.74) is 6.49. The summed E-state index contributed by atoms with van der Waals surface area (Å²) >= 11 is 1.56. The molecule has 34 heavy (non-hydrogen) atoms. The molecule has 3 aromatic carbocycles. The first-order chi connectivity index (χ1) is 16.6. The molecule has 0 bridgehead atoms. The molecule has 0 spiro atoms. The van der Waals surface area contributed by atoms with Crippen LogP contribution >= 0.6 is 11.9 Å². The molecular formula is C26H26N6OS. The fourth-order valence-electron chi connectivity index (χ4n) is 3.43. The minimum Gasteiger partial charge on any atom is -0.362 e. The maximum Gasteiger partial charge on any atom is 0.206 e. The topological polar surface area (TPSA) is 96.8 Å². The number of para-hydroxylation sites is 1. The number of rotatable bonds is 8. The number of nitrogens with one attached hydrogen (secondary N) is 3. The van der Waals surface area contributed by atoms with Crippen LogP contribution in [0, 0.1) is 11.3 Å². The van der Waals surface area contributed by atoms with Crippen molar-refractivity contribution in [2.45, 2.75) is 6.54 Å². The van der Waals surface area contributed by atoms with Gasteiger partial charge in [-0.15, -0.1) is 0 Å². The van der Waals surface area contributed by atoms with Crippen molar-refractivity contribution in [3.05, 3.63) is 90.3 Å². The smallest absolute Gasteiger partial charge is 0.206 e. The third-order valence-corrected chi connectivity index (χ3v) is 5.35. The van der Waals surface area contributed by atoms with Gasteiger partial charge in [0.1, 0.15) is 5.82 Å². The van der Waals surface area contributed by atoms with Gasteiger partial charge < -0.3 is 19.9 Å². The molecular weight excluding hydrogens is 444 g/mol. The lowest BCUT2D eigenvalue weighted by Gasteiger charge is -2.26. The Morgan fingerprint density at radius 2 is 1.97 bits per heavy atom. The van der Waals surface area contributed by atoms with Gasteiger partial charge in [-0.2, -0.15) is 5.26 Å². The van der Waals surface area contributed by atoms with Crippen LogP contribution in [0.15, 0.2) is 73.3 Å². The van der Waals surface area contributed by atoms with E-state index in [1.165, 1.54) is 0 Å². The van der Waals surface area contributed by atoms with Crippen LogP contribution in [0.25, 0.3) is 17.1 Å². The zero-order valence-corrected chi connectivity index (χ0v) is 19.9. The highest BCUT2D eigenvalue weighted by Crippen LogP contribution is 2.33. The Morgan fingerprint density at radius 3 is 2.68 bits per heavy atom. The predicted molar refractivity (Wildman–Crippen MR) is 142 cm³/mol. The molecule has 0 saturated carbocycles. The zero-order valence-electron chi connectivity index (χ0n) is 19.1. The van der Waals surface area contributed by atoms with Gasteiger partial charge in [0.15, 0.2) is 0 Å². The first-order valence-corrected chi connectivity index (χ1v) is 11.7. The quantitative estimate of drug-likeness (QED) is 0.233. The highest BCUT2D eigenvalue weighted by atomic mass is 32.2. The minimum absolute atomic E-state index is 0.546. The van der Waals surface area contributed by atoms with Crippen LogP contribution in [-0.2, 0) is 11.3 Å². The first kappa shape index (κ1) is 24.4. The number of hydrogen-bond acceptors (Lipinski definition) is 6. The summed E-state index contributed by atoms with van der Waals surface area (Å²) in [6.45, 7) is 4.52. The molecule has 4 rings (SSSR count). The second-order valence-corrected chi connectivity index (χ2v) is 7.75. The third kappa shape index (κ3) is 5.97. The van der Waals surface area contributed by atoms with E-state index in [0.29, 0.717) is 18.5 Å². The molecule has 0 radical (unpaired) electrons. The fraction of sp³-hybridized carbons (Fsp3) is 0.115. The standard InChI is InChI=1S/C24H21N5S.C2H5NO/c1-3-18-7-4-5-10-23(18)29(20-9-6-8-19(14-20)28-30-2)16-24-26-21-12-11-17(15-25)13-22(21)27-24;1-3-2-4/h3-14,28H,1,16H2,2H3,(H,26,27);2H,1H3,(H,3,4). The Kier molecular flexibility index (Phi) is 8.72. The first-order valence-electron chi connectivity index (χ1n) is 10.5. The van der Waals surface area contributed by atoms with Crippen molar-refractivity contribution in [1.82, 2.24) is 15.3 Å². The molecule has 3 N–H and O–H groups in total. The van der Waals surface area contributed by atoms with Crippen LogP contribution in [-0.4, -0.2) is 29.7 Å². The van der Waals surface area contributed by atoms with Gasteiger partial charge in [0.25, 0.3) is 0 Å². The molecule has 0 saturated heterocycles. The number of benzene rings is 3. The number of imidazole rings is 1. The molecule has 0 fully saturated rings. The van der Waals surface area contributed by atoms with Crippen molar-refractivity contribution in [3.63, 3.8) is 0 Å². The predicted octanol–water partition coefficient (Wildman–Crippen LogP) is 5.47. The number of amides is 1. The summed E-state index contributed by atoms with van der Waals surface area (Å²) in [5, 5.41) is 11.4. The Hall–Kier alpha value is -4.22. The average Bonchev–Trinajstić information content (AvgIpc) is 3.29. The molecule has 1 amide bonds. The molecule has 7 nitrogen and oxygen atoms in total. The second-order valence-electron chi connectivity index (χ2n) is 7.14. The average molecular weight is 471 g/mol. The van der Waals surface area contributed by atoms with E-state index in [1.807, 2.05) is 48.7 Å². The van der Waals surface area contributed by atoms with Crippen molar-refractivity contribution < 1.29 is 4.79 Å². The molecule has 0 unspecified atom stereocenters. The molecule has 172 valence electrons. The van der Waals surface area contributed by atoms with Crippen LogP contribution in [0.4, 0.5) is 17.1 Å². The summed E-state index contributed by atoms with van der Waals surface area (Å²) in [4.78, 5) is 19.4. The second kappa shape index (κ2) is 12.1. The highest BCUT2D eigenvalue weighted by Gasteiger charge is 2.16. The molecule has 4 aromatic rings. The molecule has 0 aliphatic carbocycles. The Morgan fingerprint density at radius 1 is 1.18 bits per heavy atom. The highest BCUT2D eigenvalue weighted by molar-refractivity contribution is 7.99. The van der Waals surface area contributed by atoms with Gasteiger partial charge in [-0.25, -0.2) is 4.98 Å². The molecule has 0 aliphatic rings. The number of carbonyl (C=O) groups excluding carboxylic acids is 1. The maximum absolute atomic E-state index is 9.16. The monoisotopic (exact) mass is 470 g/mol. The van der Waals surface area contributed by atoms with Gasteiger partial charge in [-0.3, -0.25) is 4.79 Å². The number of carbonyl (C=O) groups is 1. The largest absolute Gasteiger partial charge is 0.362 e. The van der Waals surface area contributed by atoms with Crippen molar-refractivity contribution in [3.8, 4) is 6.07 Å². The lowest BCUT2D eigenvalue weighted by Crippen LogP contribution is -2.18. The lowest BCUT2D eigenvalue weighted by molar-refractivity contribution is -0.109. The van der Waals surface area contributed by atoms with Gasteiger partial charge in [0, 0.05) is 30.4 Å². The summed E-state index contributed by atoms with van der Waals surface area (Å²) in [6, 6.07) is 24.1. The summed E-state index contributed by atoms with van der Waals surface area (Å²) in [6.07, 6.45) is 4.49. The maximum atomic E-state index is 9.16. The third-order valence-electron chi connectivity index (χ3n) is 4.91. The van der Waals surface area contributed by atoms with Gasteiger partial charge in [-0.1, -0.05) is 48.9 Å². The van der Waals surface area contributed by atoms with E-state index >= 15 is 0 Å². The summed E-state index contributed by atoms with van der Waals surface area (Å²) in [5.74, 6) is 0.821. The van der Waals surface area contributed by atoms with Crippen LogP contribution in [0.1, 0.15) is 17.0 Å². The number of hydrogen-bond donors (Lipinski definition) is 3. The molecule has 0 aliphatic heterocycles. The Bertz CT molecular complexity index is 1310. The number of anilines is 3.